The van der Waals surface area contributed by atoms with E-state index in [9.17, 15) is 0 Å². The predicted molar refractivity (Wildman–Crippen MR) is 114 cm³/mol. The van der Waals surface area contributed by atoms with Gasteiger partial charge in [0.2, 0.25) is 0 Å². The molecule has 0 saturated carbocycles. The Morgan fingerprint density at radius 3 is 1.37 bits per heavy atom. The zero-order valence-electron chi connectivity index (χ0n) is 15.2. The second kappa shape index (κ2) is 5.31. The first-order valence-corrected chi connectivity index (χ1v) is 9.48. The fraction of sp³-hybridized carbons (Fsp3) is 0.0370. The molecule has 6 rings (SSSR count). The van der Waals surface area contributed by atoms with Crippen molar-refractivity contribution < 1.29 is 0 Å². The minimum Gasteiger partial charge on any atom is -0.0616 e. The topological polar surface area (TPSA) is 0 Å². The standard InChI is InChI=1S/C27H18/c1-17-9-8-16-24-25(17)22-14-6-7-15-23(22)27(24)26-20-12-4-2-10-18(20)19-11-3-5-13-21(19)26/h2-16H,1H3. The lowest BCUT2D eigenvalue weighted by Crippen LogP contribution is -1.90. The molecule has 27 heavy (non-hydrogen) atoms. The van der Waals surface area contributed by atoms with E-state index in [1.165, 1.54) is 61.2 Å². The van der Waals surface area contributed by atoms with Gasteiger partial charge in [-0.1, -0.05) is 91.0 Å². The van der Waals surface area contributed by atoms with Gasteiger partial charge in [-0.2, -0.15) is 0 Å². The van der Waals surface area contributed by atoms with E-state index in [1.54, 1.807) is 0 Å². The Hall–Kier alpha value is -3.38. The smallest absolute Gasteiger partial charge is 0.00138 e. The van der Waals surface area contributed by atoms with E-state index < -0.39 is 0 Å². The van der Waals surface area contributed by atoms with Crippen LogP contribution in [0.25, 0.3) is 33.4 Å². The maximum absolute atomic E-state index is 2.29. The van der Waals surface area contributed by atoms with Crippen molar-refractivity contribution in [3.8, 4) is 22.3 Å². The van der Waals surface area contributed by atoms with Crippen molar-refractivity contribution in [3.63, 3.8) is 0 Å². The van der Waals surface area contributed by atoms with Gasteiger partial charge in [0.15, 0.2) is 0 Å². The van der Waals surface area contributed by atoms with E-state index in [4.69, 9.17) is 0 Å². The molecule has 0 atom stereocenters. The van der Waals surface area contributed by atoms with Gasteiger partial charge in [-0.05, 0) is 68.1 Å². The van der Waals surface area contributed by atoms with Gasteiger partial charge >= 0.3 is 0 Å². The monoisotopic (exact) mass is 342 g/mol. The summed E-state index contributed by atoms with van der Waals surface area (Å²) in [5.41, 5.74) is 14.9. The molecule has 4 aromatic carbocycles. The molecule has 0 heteroatoms. The molecule has 0 N–H and O–H groups in total. The van der Waals surface area contributed by atoms with Crippen molar-refractivity contribution in [2.45, 2.75) is 6.92 Å². The van der Waals surface area contributed by atoms with Crippen LogP contribution in [0.4, 0.5) is 0 Å². The van der Waals surface area contributed by atoms with Crippen LogP contribution in [0.1, 0.15) is 27.8 Å². The van der Waals surface area contributed by atoms with Gasteiger partial charge in [-0.3, -0.25) is 0 Å². The molecule has 2 aliphatic rings. The molecule has 0 aliphatic heterocycles. The number of hydrogen-bond donors (Lipinski definition) is 0. The average molecular weight is 342 g/mol. The normalized spacial score (nSPS) is 13.2. The van der Waals surface area contributed by atoms with Crippen molar-refractivity contribution in [2.24, 2.45) is 0 Å². The SMILES string of the molecule is Cc1cccc2c1-c1ccccc1C2=C1c2ccccc2-c2ccccc21. The van der Waals surface area contributed by atoms with Crippen LogP contribution < -0.4 is 0 Å². The third kappa shape index (κ3) is 1.88. The van der Waals surface area contributed by atoms with Crippen molar-refractivity contribution in [1.82, 2.24) is 0 Å². The molecule has 0 bridgehead atoms. The quantitative estimate of drug-likeness (QED) is 0.280. The van der Waals surface area contributed by atoms with Gasteiger partial charge < -0.3 is 0 Å². The third-order valence-electron chi connectivity index (χ3n) is 5.94. The fourth-order valence-corrected chi connectivity index (χ4v) is 4.85. The predicted octanol–water partition coefficient (Wildman–Crippen LogP) is 6.96. The van der Waals surface area contributed by atoms with Gasteiger partial charge in [0.1, 0.15) is 0 Å². The number of hydrogen-bond acceptors (Lipinski definition) is 0. The highest BCUT2D eigenvalue weighted by molar-refractivity contribution is 6.19. The van der Waals surface area contributed by atoms with E-state index >= 15 is 0 Å². The number of aryl methyl sites for hydroxylation is 1. The molecular weight excluding hydrogens is 324 g/mol. The highest BCUT2D eigenvalue weighted by Gasteiger charge is 2.32. The molecule has 2 aliphatic carbocycles. The Kier molecular flexibility index (Phi) is 2.90. The Morgan fingerprint density at radius 2 is 0.778 bits per heavy atom. The fourth-order valence-electron chi connectivity index (χ4n) is 4.85. The number of benzene rings is 4. The minimum atomic E-state index is 1.34. The largest absolute Gasteiger partial charge is 0.0616 e. The zero-order valence-corrected chi connectivity index (χ0v) is 15.2. The van der Waals surface area contributed by atoms with E-state index in [1.807, 2.05) is 0 Å². The molecule has 0 heterocycles. The van der Waals surface area contributed by atoms with Gasteiger partial charge in [-0.15, -0.1) is 0 Å². The lowest BCUT2D eigenvalue weighted by Gasteiger charge is -2.11. The molecule has 0 nitrogen and oxygen atoms in total. The van der Waals surface area contributed by atoms with Crippen LogP contribution in [-0.2, 0) is 0 Å². The highest BCUT2D eigenvalue weighted by Crippen LogP contribution is 2.54. The summed E-state index contributed by atoms with van der Waals surface area (Å²) in [4.78, 5) is 0. The van der Waals surface area contributed by atoms with Crippen LogP contribution in [0.5, 0.6) is 0 Å². The van der Waals surface area contributed by atoms with Crippen LogP contribution >= 0.6 is 0 Å². The highest BCUT2D eigenvalue weighted by atomic mass is 14.3. The van der Waals surface area contributed by atoms with Crippen molar-refractivity contribution in [3.05, 3.63) is 119 Å². The van der Waals surface area contributed by atoms with Crippen LogP contribution in [-0.4, -0.2) is 0 Å². The second-order valence-electron chi connectivity index (χ2n) is 7.38. The van der Waals surface area contributed by atoms with Gasteiger partial charge in [0.25, 0.3) is 0 Å². The molecule has 126 valence electrons. The summed E-state index contributed by atoms with van der Waals surface area (Å²) in [7, 11) is 0. The lowest BCUT2D eigenvalue weighted by molar-refractivity contribution is 1.46. The summed E-state index contributed by atoms with van der Waals surface area (Å²) in [6, 6.07) is 33.2. The summed E-state index contributed by atoms with van der Waals surface area (Å²) in [5.74, 6) is 0. The van der Waals surface area contributed by atoms with E-state index in [2.05, 4.69) is 97.9 Å². The van der Waals surface area contributed by atoms with Crippen molar-refractivity contribution in [2.75, 3.05) is 0 Å². The van der Waals surface area contributed by atoms with Crippen LogP contribution in [0, 0.1) is 6.92 Å². The zero-order chi connectivity index (χ0) is 18.0. The maximum atomic E-state index is 2.29. The summed E-state index contributed by atoms with van der Waals surface area (Å²) < 4.78 is 0. The lowest BCUT2D eigenvalue weighted by atomic mass is 9.91. The maximum Gasteiger partial charge on any atom is -0.00138 e. The molecule has 0 radical (unpaired) electrons. The molecule has 0 unspecified atom stereocenters. The number of rotatable bonds is 0. The van der Waals surface area contributed by atoms with Crippen LogP contribution in [0.2, 0.25) is 0 Å². The third-order valence-corrected chi connectivity index (χ3v) is 5.94. The average Bonchev–Trinajstić information content (AvgIpc) is 3.21. The van der Waals surface area contributed by atoms with Crippen molar-refractivity contribution >= 4 is 11.1 Å². The minimum absolute atomic E-state index is 1.34. The van der Waals surface area contributed by atoms with Gasteiger partial charge in [-0.25, -0.2) is 0 Å². The molecule has 0 fully saturated rings. The Morgan fingerprint density at radius 1 is 0.370 bits per heavy atom. The Labute approximate surface area is 159 Å². The second-order valence-corrected chi connectivity index (χ2v) is 7.38. The summed E-state index contributed by atoms with van der Waals surface area (Å²) >= 11 is 0. The summed E-state index contributed by atoms with van der Waals surface area (Å²) in [6.45, 7) is 2.22. The van der Waals surface area contributed by atoms with Crippen LogP contribution in [0.15, 0.2) is 91.0 Å². The molecule has 0 saturated heterocycles. The van der Waals surface area contributed by atoms with Gasteiger partial charge in [0, 0.05) is 0 Å². The summed E-state index contributed by atoms with van der Waals surface area (Å²) in [5, 5.41) is 0. The van der Waals surface area contributed by atoms with E-state index in [0.29, 0.717) is 0 Å². The van der Waals surface area contributed by atoms with E-state index in [0.717, 1.165) is 0 Å². The summed E-state index contributed by atoms with van der Waals surface area (Å²) in [6.07, 6.45) is 0. The Balaban J connectivity index is 1.83. The first-order valence-electron chi connectivity index (χ1n) is 9.48. The first-order chi connectivity index (χ1) is 13.3. The molecular formula is C27H18. The van der Waals surface area contributed by atoms with Crippen molar-refractivity contribution in [1.29, 1.82) is 0 Å². The molecule has 0 aromatic heterocycles. The molecule has 4 aromatic rings. The first kappa shape index (κ1) is 14.8. The van der Waals surface area contributed by atoms with E-state index in [-0.39, 0.29) is 0 Å². The molecule has 0 amide bonds. The number of fused-ring (bicyclic) bond motifs is 6. The van der Waals surface area contributed by atoms with Crippen LogP contribution in [0.3, 0.4) is 0 Å². The van der Waals surface area contributed by atoms with Gasteiger partial charge in [0.05, 0.1) is 0 Å². The molecule has 0 spiro atoms. The Bertz CT molecular complexity index is 1220.